The van der Waals surface area contributed by atoms with E-state index in [0.717, 1.165) is 0 Å². The van der Waals surface area contributed by atoms with Crippen LogP contribution < -0.4 is 0 Å². The van der Waals surface area contributed by atoms with Gasteiger partial charge in [0.1, 0.15) is 6.10 Å². The van der Waals surface area contributed by atoms with Crippen LogP contribution in [0.3, 0.4) is 0 Å². The second kappa shape index (κ2) is 3.17. The van der Waals surface area contributed by atoms with Gasteiger partial charge in [-0.1, -0.05) is 0 Å². The molecule has 1 aliphatic rings. The zero-order valence-corrected chi connectivity index (χ0v) is 5.80. The largest absolute Gasteiger partial charge is 0.479 e. The molecule has 1 saturated heterocycles. The van der Waals surface area contributed by atoms with Crippen LogP contribution in [0, 0.1) is 0 Å². The maximum Gasteiger partial charge on any atom is 0.332 e. The van der Waals surface area contributed by atoms with E-state index in [-0.39, 0.29) is 13.0 Å². The van der Waals surface area contributed by atoms with Crippen molar-refractivity contribution in [2.75, 3.05) is 6.61 Å². The van der Waals surface area contributed by atoms with E-state index in [1.165, 1.54) is 0 Å². The van der Waals surface area contributed by atoms with Crippen LogP contribution in [-0.2, 0) is 9.53 Å². The SMILES string of the molecule is O=C(O)C1C[C@@H](O)[C@H](O)CO1. The number of aliphatic hydroxyl groups excluding tert-OH is 2. The van der Waals surface area contributed by atoms with Crippen LogP contribution in [0.1, 0.15) is 6.42 Å². The Morgan fingerprint density at radius 3 is 2.45 bits per heavy atom. The molecule has 1 unspecified atom stereocenters. The molecule has 5 nitrogen and oxygen atoms in total. The molecule has 0 aromatic rings. The Morgan fingerprint density at radius 2 is 2.00 bits per heavy atom. The molecule has 0 amide bonds. The summed E-state index contributed by atoms with van der Waals surface area (Å²) in [6.07, 6.45) is -2.96. The number of rotatable bonds is 1. The fourth-order valence-corrected chi connectivity index (χ4v) is 0.942. The highest BCUT2D eigenvalue weighted by Gasteiger charge is 2.32. The number of ether oxygens (including phenoxy) is 1. The molecule has 0 aromatic carbocycles. The summed E-state index contributed by atoms with van der Waals surface area (Å²) in [5.74, 6) is -1.10. The van der Waals surface area contributed by atoms with Gasteiger partial charge in [-0.3, -0.25) is 0 Å². The van der Waals surface area contributed by atoms with Crippen LogP contribution >= 0.6 is 0 Å². The van der Waals surface area contributed by atoms with Gasteiger partial charge in [-0.2, -0.15) is 0 Å². The number of aliphatic hydroxyl groups is 2. The average Bonchev–Trinajstić information content (AvgIpc) is 1.94. The van der Waals surface area contributed by atoms with Crippen LogP contribution in [0.15, 0.2) is 0 Å². The molecule has 0 aromatic heterocycles. The Hall–Kier alpha value is -0.650. The lowest BCUT2D eigenvalue weighted by Gasteiger charge is -2.27. The number of carboxylic acids is 1. The highest BCUT2D eigenvalue weighted by molar-refractivity contribution is 5.72. The number of carboxylic acid groups (broad SMARTS) is 1. The van der Waals surface area contributed by atoms with E-state index in [1.807, 2.05) is 0 Å². The van der Waals surface area contributed by atoms with Crippen molar-refractivity contribution in [1.29, 1.82) is 0 Å². The number of hydrogen-bond donors (Lipinski definition) is 3. The van der Waals surface area contributed by atoms with E-state index in [9.17, 15) is 4.79 Å². The van der Waals surface area contributed by atoms with Crippen LogP contribution in [0.5, 0.6) is 0 Å². The van der Waals surface area contributed by atoms with Gasteiger partial charge in [0.05, 0.1) is 12.7 Å². The zero-order valence-electron chi connectivity index (χ0n) is 5.80. The lowest BCUT2D eigenvalue weighted by atomic mass is 10.0. The molecule has 1 heterocycles. The van der Waals surface area contributed by atoms with Crippen molar-refractivity contribution in [3.05, 3.63) is 0 Å². The standard InChI is InChI=1S/C6H10O5/c7-3-1-5(6(9)10)11-2-4(3)8/h3-5,7-8H,1-2H2,(H,9,10)/t3-,4-,5?/m1/s1. The normalized spacial score (nSPS) is 38.5. The first-order chi connectivity index (χ1) is 5.11. The molecule has 0 saturated carbocycles. The van der Waals surface area contributed by atoms with Gasteiger partial charge in [0.15, 0.2) is 6.10 Å². The molecule has 0 aliphatic carbocycles. The number of hydrogen-bond acceptors (Lipinski definition) is 4. The summed E-state index contributed by atoms with van der Waals surface area (Å²) in [5, 5.41) is 26.3. The molecule has 1 fully saturated rings. The quantitative estimate of drug-likeness (QED) is 0.440. The highest BCUT2D eigenvalue weighted by Crippen LogP contribution is 2.14. The van der Waals surface area contributed by atoms with E-state index < -0.39 is 24.3 Å². The Balaban J connectivity index is 2.46. The Bertz CT molecular complexity index is 157. The third-order valence-corrected chi connectivity index (χ3v) is 1.64. The smallest absolute Gasteiger partial charge is 0.332 e. The van der Waals surface area contributed by atoms with E-state index in [1.54, 1.807) is 0 Å². The summed E-state index contributed by atoms with van der Waals surface area (Å²) in [5.41, 5.74) is 0. The van der Waals surface area contributed by atoms with Crippen molar-refractivity contribution >= 4 is 5.97 Å². The van der Waals surface area contributed by atoms with Crippen molar-refractivity contribution in [2.24, 2.45) is 0 Å². The van der Waals surface area contributed by atoms with Crippen molar-refractivity contribution in [1.82, 2.24) is 0 Å². The Kier molecular flexibility index (Phi) is 2.43. The van der Waals surface area contributed by atoms with Crippen molar-refractivity contribution < 1.29 is 24.9 Å². The Labute approximate surface area is 63.2 Å². The van der Waals surface area contributed by atoms with Gasteiger partial charge in [0, 0.05) is 6.42 Å². The number of aliphatic carboxylic acids is 1. The van der Waals surface area contributed by atoms with Gasteiger partial charge in [0.25, 0.3) is 0 Å². The lowest BCUT2D eigenvalue weighted by Crippen LogP contribution is -2.44. The molecule has 3 atom stereocenters. The topological polar surface area (TPSA) is 87.0 Å². The average molecular weight is 162 g/mol. The molecule has 1 aliphatic heterocycles. The summed E-state index contributed by atoms with van der Waals surface area (Å²) in [6.45, 7) is -0.113. The minimum atomic E-state index is -1.10. The first kappa shape index (κ1) is 8.45. The summed E-state index contributed by atoms with van der Waals surface area (Å²) in [4.78, 5) is 10.3. The first-order valence-electron chi connectivity index (χ1n) is 3.32. The van der Waals surface area contributed by atoms with Crippen LogP contribution in [0.4, 0.5) is 0 Å². The maximum absolute atomic E-state index is 10.3. The minimum absolute atomic E-state index is 0.0451. The van der Waals surface area contributed by atoms with Crippen LogP contribution in [-0.4, -0.2) is 46.2 Å². The van der Waals surface area contributed by atoms with Crippen LogP contribution in [0.2, 0.25) is 0 Å². The fourth-order valence-electron chi connectivity index (χ4n) is 0.942. The van der Waals surface area contributed by atoms with Crippen molar-refractivity contribution in [2.45, 2.75) is 24.7 Å². The summed E-state index contributed by atoms with van der Waals surface area (Å²) < 4.78 is 4.71. The number of carbonyl (C=O) groups is 1. The van der Waals surface area contributed by atoms with Crippen molar-refractivity contribution in [3.63, 3.8) is 0 Å². The van der Waals surface area contributed by atoms with Crippen LogP contribution in [0.25, 0.3) is 0 Å². The summed E-state index contributed by atoms with van der Waals surface area (Å²) in [6, 6.07) is 0. The minimum Gasteiger partial charge on any atom is -0.479 e. The summed E-state index contributed by atoms with van der Waals surface area (Å²) in [7, 11) is 0. The maximum atomic E-state index is 10.3. The summed E-state index contributed by atoms with van der Waals surface area (Å²) >= 11 is 0. The lowest BCUT2D eigenvalue weighted by molar-refractivity contribution is -0.168. The van der Waals surface area contributed by atoms with Gasteiger partial charge in [-0.15, -0.1) is 0 Å². The van der Waals surface area contributed by atoms with Crippen molar-refractivity contribution in [3.8, 4) is 0 Å². The third-order valence-electron chi connectivity index (χ3n) is 1.64. The predicted molar refractivity (Wildman–Crippen MR) is 34.0 cm³/mol. The molecule has 1 rings (SSSR count). The molecule has 64 valence electrons. The fraction of sp³-hybridized carbons (Fsp3) is 0.833. The molecule has 0 spiro atoms. The van der Waals surface area contributed by atoms with Gasteiger partial charge < -0.3 is 20.1 Å². The second-order valence-corrected chi connectivity index (χ2v) is 2.53. The van der Waals surface area contributed by atoms with E-state index in [0.29, 0.717) is 0 Å². The molecular weight excluding hydrogens is 152 g/mol. The molecule has 5 heteroatoms. The van der Waals surface area contributed by atoms with Gasteiger partial charge >= 0.3 is 5.97 Å². The van der Waals surface area contributed by atoms with Gasteiger partial charge in [0.2, 0.25) is 0 Å². The van der Waals surface area contributed by atoms with E-state index >= 15 is 0 Å². The molecule has 0 radical (unpaired) electrons. The molecule has 0 bridgehead atoms. The molecular formula is C6H10O5. The molecule has 11 heavy (non-hydrogen) atoms. The second-order valence-electron chi connectivity index (χ2n) is 2.53. The zero-order chi connectivity index (χ0) is 8.43. The van der Waals surface area contributed by atoms with E-state index in [2.05, 4.69) is 0 Å². The van der Waals surface area contributed by atoms with Gasteiger partial charge in [-0.25, -0.2) is 4.79 Å². The monoisotopic (exact) mass is 162 g/mol. The third kappa shape index (κ3) is 1.89. The molecule has 3 N–H and O–H groups in total. The first-order valence-corrected chi connectivity index (χ1v) is 3.32. The van der Waals surface area contributed by atoms with Gasteiger partial charge in [-0.05, 0) is 0 Å². The predicted octanol–water partition coefficient (Wildman–Crippen LogP) is -1.42. The highest BCUT2D eigenvalue weighted by atomic mass is 16.5. The van der Waals surface area contributed by atoms with E-state index in [4.69, 9.17) is 20.1 Å². The Morgan fingerprint density at radius 1 is 1.36 bits per heavy atom.